The molecule has 1 saturated heterocycles. The van der Waals surface area contributed by atoms with Crippen LogP contribution in [0, 0.1) is 0 Å². The van der Waals surface area contributed by atoms with E-state index >= 15 is 0 Å². The Balaban J connectivity index is 1.74. The second-order valence-corrected chi connectivity index (χ2v) is 2.77. The topological polar surface area (TPSA) is 52.7 Å². The summed E-state index contributed by atoms with van der Waals surface area (Å²) in [5.74, 6) is 1.01. The molecule has 1 aromatic heterocycles. The Bertz CT molecular complexity index is 202. The van der Waals surface area contributed by atoms with Crippen LogP contribution in [0.25, 0.3) is 0 Å². The summed E-state index contributed by atoms with van der Waals surface area (Å²) in [7, 11) is 0. The van der Waals surface area contributed by atoms with Crippen LogP contribution < -0.4 is 10.6 Å². The second-order valence-electron chi connectivity index (χ2n) is 2.77. The van der Waals surface area contributed by atoms with E-state index in [4.69, 9.17) is 0 Å². The van der Waals surface area contributed by atoms with Gasteiger partial charge in [-0.2, -0.15) is 0 Å². The van der Waals surface area contributed by atoms with Gasteiger partial charge in [-0.25, -0.2) is 4.98 Å². The highest BCUT2D eigenvalue weighted by Gasteiger charge is 2.15. The number of hydrogen-bond donors (Lipinski definition) is 3. The third-order valence-corrected chi connectivity index (χ3v) is 1.89. The van der Waals surface area contributed by atoms with Crippen LogP contribution in [0.2, 0.25) is 0 Å². The molecule has 0 aromatic carbocycles. The minimum Gasteiger partial charge on any atom is -0.348 e. The van der Waals surface area contributed by atoms with Gasteiger partial charge in [0.2, 0.25) is 0 Å². The van der Waals surface area contributed by atoms with Gasteiger partial charge in [-0.3, -0.25) is 0 Å². The molecule has 60 valence electrons. The summed E-state index contributed by atoms with van der Waals surface area (Å²) in [4.78, 5) is 7.15. The average Bonchev–Trinajstić information content (AvgIpc) is 2.36. The van der Waals surface area contributed by atoms with Gasteiger partial charge < -0.3 is 15.6 Å². The Hall–Kier alpha value is -0.870. The summed E-state index contributed by atoms with van der Waals surface area (Å²) in [6, 6.07) is 0.639. The Morgan fingerprint density at radius 1 is 1.64 bits per heavy atom. The first-order chi connectivity index (χ1) is 5.45. The Morgan fingerprint density at radius 2 is 2.55 bits per heavy atom. The van der Waals surface area contributed by atoms with E-state index in [-0.39, 0.29) is 0 Å². The van der Waals surface area contributed by atoms with Crippen LogP contribution in [0.3, 0.4) is 0 Å². The van der Waals surface area contributed by atoms with Crippen LogP contribution in [-0.2, 0) is 6.54 Å². The van der Waals surface area contributed by atoms with Crippen molar-refractivity contribution in [3.63, 3.8) is 0 Å². The molecule has 2 heterocycles. The molecule has 3 N–H and O–H groups in total. The molecule has 0 unspecified atom stereocenters. The number of hydrogen-bond acceptors (Lipinski definition) is 3. The van der Waals surface area contributed by atoms with Crippen LogP contribution in [0.5, 0.6) is 0 Å². The highest BCUT2D eigenvalue weighted by Crippen LogP contribution is 1.93. The monoisotopic (exact) mass is 152 g/mol. The third kappa shape index (κ3) is 1.58. The predicted molar refractivity (Wildman–Crippen MR) is 42.1 cm³/mol. The highest BCUT2D eigenvalue weighted by atomic mass is 15.1. The van der Waals surface area contributed by atoms with Crippen molar-refractivity contribution in [2.75, 3.05) is 13.1 Å². The molecule has 11 heavy (non-hydrogen) atoms. The number of imidazole rings is 1. The van der Waals surface area contributed by atoms with E-state index in [1.165, 1.54) is 0 Å². The maximum atomic E-state index is 4.11. The van der Waals surface area contributed by atoms with Crippen LogP contribution in [0.15, 0.2) is 12.4 Å². The number of rotatable bonds is 3. The van der Waals surface area contributed by atoms with Crippen LogP contribution in [-0.4, -0.2) is 29.1 Å². The van der Waals surface area contributed by atoms with Crippen molar-refractivity contribution in [2.45, 2.75) is 12.6 Å². The summed E-state index contributed by atoms with van der Waals surface area (Å²) in [6.45, 7) is 3.01. The van der Waals surface area contributed by atoms with Crippen LogP contribution >= 0.6 is 0 Å². The molecule has 0 amide bonds. The molecule has 4 heteroatoms. The lowest BCUT2D eigenvalue weighted by Gasteiger charge is -2.27. The van der Waals surface area contributed by atoms with E-state index < -0.39 is 0 Å². The minimum absolute atomic E-state index is 0.639. The van der Waals surface area contributed by atoms with Gasteiger partial charge >= 0.3 is 0 Å². The Labute approximate surface area is 65.4 Å². The van der Waals surface area contributed by atoms with Gasteiger partial charge in [0.15, 0.2) is 0 Å². The first-order valence-electron chi connectivity index (χ1n) is 3.87. The molecule has 0 aliphatic carbocycles. The van der Waals surface area contributed by atoms with Crippen molar-refractivity contribution >= 4 is 0 Å². The fraction of sp³-hybridized carbons (Fsp3) is 0.571. The summed E-state index contributed by atoms with van der Waals surface area (Å²) in [5.41, 5.74) is 0. The van der Waals surface area contributed by atoms with E-state index in [0.717, 1.165) is 25.5 Å². The van der Waals surface area contributed by atoms with Gasteiger partial charge in [-0.1, -0.05) is 0 Å². The van der Waals surface area contributed by atoms with E-state index in [9.17, 15) is 0 Å². The lowest BCUT2D eigenvalue weighted by atomic mass is 10.2. The summed E-state index contributed by atoms with van der Waals surface area (Å²) >= 11 is 0. The van der Waals surface area contributed by atoms with Gasteiger partial charge in [0, 0.05) is 31.5 Å². The maximum absolute atomic E-state index is 4.11. The van der Waals surface area contributed by atoms with Gasteiger partial charge in [-0.05, 0) is 0 Å². The largest absolute Gasteiger partial charge is 0.348 e. The molecular formula is C7H12N4. The molecular weight excluding hydrogens is 140 g/mol. The fourth-order valence-corrected chi connectivity index (χ4v) is 1.07. The zero-order chi connectivity index (χ0) is 7.52. The van der Waals surface area contributed by atoms with Crippen molar-refractivity contribution < 1.29 is 0 Å². The molecule has 1 aliphatic heterocycles. The zero-order valence-electron chi connectivity index (χ0n) is 6.30. The molecule has 2 rings (SSSR count). The summed E-state index contributed by atoms with van der Waals surface area (Å²) in [5, 5.41) is 6.56. The number of nitrogens with one attached hydrogen (secondary N) is 3. The van der Waals surface area contributed by atoms with Crippen molar-refractivity contribution in [3.8, 4) is 0 Å². The second kappa shape index (κ2) is 3.02. The standard InChI is InChI=1S/C7H12N4/c1-2-10-7(9-1)5-11-6-3-8-4-6/h1-2,6,8,11H,3-5H2,(H,9,10). The number of aromatic nitrogens is 2. The van der Waals surface area contributed by atoms with E-state index in [0.29, 0.717) is 6.04 Å². The first-order valence-corrected chi connectivity index (χ1v) is 3.87. The van der Waals surface area contributed by atoms with E-state index in [1.807, 2.05) is 6.20 Å². The molecule has 0 bridgehead atoms. The summed E-state index contributed by atoms with van der Waals surface area (Å²) in [6.07, 6.45) is 3.62. The van der Waals surface area contributed by atoms with Crippen molar-refractivity contribution in [3.05, 3.63) is 18.2 Å². The third-order valence-electron chi connectivity index (χ3n) is 1.89. The van der Waals surface area contributed by atoms with E-state index in [1.54, 1.807) is 6.20 Å². The van der Waals surface area contributed by atoms with Gasteiger partial charge in [-0.15, -0.1) is 0 Å². The highest BCUT2D eigenvalue weighted by molar-refractivity contribution is 4.89. The molecule has 1 aromatic rings. The Kier molecular flexibility index (Phi) is 1.87. The number of nitrogens with zero attached hydrogens (tertiary/aromatic N) is 1. The van der Waals surface area contributed by atoms with Crippen molar-refractivity contribution in [1.82, 2.24) is 20.6 Å². The fourth-order valence-electron chi connectivity index (χ4n) is 1.07. The smallest absolute Gasteiger partial charge is 0.120 e. The predicted octanol–water partition coefficient (Wildman–Crippen LogP) is -0.529. The lowest BCUT2D eigenvalue weighted by molar-refractivity contribution is 0.362. The van der Waals surface area contributed by atoms with Crippen molar-refractivity contribution in [2.24, 2.45) is 0 Å². The SMILES string of the molecule is c1c[nH]c(CNC2CNC2)n1. The number of H-pyrrole nitrogens is 1. The van der Waals surface area contributed by atoms with Gasteiger partial charge in [0.1, 0.15) is 5.82 Å². The molecule has 0 saturated carbocycles. The molecule has 0 radical (unpaired) electrons. The molecule has 0 spiro atoms. The first kappa shape index (κ1) is 6.82. The van der Waals surface area contributed by atoms with Crippen LogP contribution in [0.4, 0.5) is 0 Å². The van der Waals surface area contributed by atoms with Gasteiger partial charge in [0.05, 0.1) is 6.54 Å². The molecule has 0 atom stereocenters. The molecule has 4 nitrogen and oxygen atoms in total. The maximum Gasteiger partial charge on any atom is 0.120 e. The quantitative estimate of drug-likeness (QED) is 0.546. The van der Waals surface area contributed by atoms with Gasteiger partial charge in [0.25, 0.3) is 0 Å². The van der Waals surface area contributed by atoms with Crippen LogP contribution in [0.1, 0.15) is 5.82 Å². The summed E-state index contributed by atoms with van der Waals surface area (Å²) < 4.78 is 0. The lowest BCUT2D eigenvalue weighted by Crippen LogP contribution is -2.55. The molecule has 1 aliphatic rings. The number of aromatic amines is 1. The van der Waals surface area contributed by atoms with Crippen molar-refractivity contribution in [1.29, 1.82) is 0 Å². The minimum atomic E-state index is 0.639. The average molecular weight is 152 g/mol. The molecule has 1 fully saturated rings. The zero-order valence-corrected chi connectivity index (χ0v) is 6.30. The van der Waals surface area contributed by atoms with E-state index in [2.05, 4.69) is 20.6 Å². The normalized spacial score (nSPS) is 18.2. The Morgan fingerprint density at radius 3 is 3.09 bits per heavy atom.